The molecule has 8 heteroatoms. The lowest BCUT2D eigenvalue weighted by Crippen LogP contribution is -2.46. The molecule has 2 amide bonds. The first-order valence-corrected chi connectivity index (χ1v) is 4.71. The number of carbonyl (C=O) groups is 2. The lowest BCUT2D eigenvalue weighted by atomic mass is 10.2. The number of alkyl halides is 3. The van der Waals surface area contributed by atoms with Crippen LogP contribution in [0.3, 0.4) is 0 Å². The molecular formula is C9H13F3N2O3. The highest BCUT2D eigenvalue weighted by Crippen LogP contribution is 2.17. The van der Waals surface area contributed by atoms with Gasteiger partial charge in [-0.2, -0.15) is 13.2 Å². The number of carboxylic acid groups (broad SMARTS) is 1. The number of nitrogens with one attached hydrogen (secondary N) is 2. The van der Waals surface area contributed by atoms with Gasteiger partial charge in [-0.05, 0) is 6.42 Å². The molecule has 0 aromatic heterocycles. The second-order valence-electron chi connectivity index (χ2n) is 3.18. The first-order valence-electron chi connectivity index (χ1n) is 4.71. The van der Waals surface area contributed by atoms with Crippen LogP contribution in [-0.4, -0.2) is 35.9 Å². The Kier molecular flexibility index (Phi) is 6.08. The molecule has 0 fully saturated rings. The van der Waals surface area contributed by atoms with Gasteiger partial charge >= 0.3 is 18.2 Å². The molecule has 5 nitrogen and oxygen atoms in total. The Hall–Kier alpha value is -1.73. The SMILES string of the molecule is C=CCC(NC(=O)NCCC(F)(F)F)C(=O)O. The fourth-order valence-electron chi connectivity index (χ4n) is 0.915. The summed E-state index contributed by atoms with van der Waals surface area (Å²) in [5.74, 6) is -1.28. The van der Waals surface area contributed by atoms with Crippen molar-refractivity contribution in [3.8, 4) is 0 Å². The van der Waals surface area contributed by atoms with Crippen LogP contribution in [0.15, 0.2) is 12.7 Å². The van der Waals surface area contributed by atoms with Gasteiger partial charge in [-0.15, -0.1) is 6.58 Å². The standard InChI is InChI=1S/C9H13F3N2O3/c1-2-3-6(7(15)16)14-8(17)13-5-4-9(10,11)12/h2,6H,1,3-5H2,(H,15,16)(H2,13,14,17). The number of halogens is 3. The van der Waals surface area contributed by atoms with E-state index >= 15 is 0 Å². The van der Waals surface area contributed by atoms with Gasteiger partial charge in [0.1, 0.15) is 6.04 Å². The van der Waals surface area contributed by atoms with Crippen molar-refractivity contribution in [1.29, 1.82) is 0 Å². The molecule has 0 saturated heterocycles. The van der Waals surface area contributed by atoms with Crippen LogP contribution in [0.1, 0.15) is 12.8 Å². The van der Waals surface area contributed by atoms with Gasteiger partial charge in [-0.25, -0.2) is 9.59 Å². The zero-order chi connectivity index (χ0) is 13.5. The van der Waals surface area contributed by atoms with Gasteiger partial charge in [0.15, 0.2) is 0 Å². The number of aliphatic carboxylic acids is 1. The molecule has 0 bridgehead atoms. The molecule has 1 atom stereocenters. The third kappa shape index (κ3) is 8.12. The number of hydrogen-bond acceptors (Lipinski definition) is 2. The number of carbonyl (C=O) groups excluding carboxylic acids is 1. The smallest absolute Gasteiger partial charge is 0.390 e. The summed E-state index contributed by atoms with van der Waals surface area (Å²) in [6.07, 6.45) is -4.25. The number of hydrogen-bond donors (Lipinski definition) is 3. The Labute approximate surface area is 95.7 Å². The molecule has 0 aromatic carbocycles. The van der Waals surface area contributed by atoms with Crippen LogP contribution in [0.2, 0.25) is 0 Å². The van der Waals surface area contributed by atoms with Crippen LogP contribution in [-0.2, 0) is 4.79 Å². The van der Waals surface area contributed by atoms with Crippen molar-refractivity contribution < 1.29 is 27.9 Å². The van der Waals surface area contributed by atoms with Crippen LogP contribution in [0.5, 0.6) is 0 Å². The molecule has 17 heavy (non-hydrogen) atoms. The maximum atomic E-state index is 11.7. The zero-order valence-electron chi connectivity index (χ0n) is 8.88. The Morgan fingerprint density at radius 2 is 2.00 bits per heavy atom. The highest BCUT2D eigenvalue weighted by atomic mass is 19.4. The van der Waals surface area contributed by atoms with E-state index in [0.717, 1.165) is 0 Å². The van der Waals surface area contributed by atoms with E-state index < -0.39 is 37.2 Å². The van der Waals surface area contributed by atoms with Gasteiger partial charge < -0.3 is 15.7 Å². The third-order valence-electron chi connectivity index (χ3n) is 1.70. The molecule has 0 radical (unpaired) electrons. The Morgan fingerprint density at radius 1 is 1.41 bits per heavy atom. The number of carboxylic acids is 1. The predicted molar refractivity (Wildman–Crippen MR) is 53.4 cm³/mol. The lowest BCUT2D eigenvalue weighted by molar-refractivity contribution is -0.139. The van der Waals surface area contributed by atoms with E-state index in [0.29, 0.717) is 0 Å². The minimum absolute atomic E-state index is 0.0119. The van der Waals surface area contributed by atoms with Crippen molar-refractivity contribution in [3.63, 3.8) is 0 Å². The summed E-state index contributed by atoms with van der Waals surface area (Å²) in [7, 11) is 0. The summed E-state index contributed by atoms with van der Waals surface area (Å²) in [5.41, 5.74) is 0. The second-order valence-corrected chi connectivity index (χ2v) is 3.18. The molecule has 0 spiro atoms. The normalized spacial score (nSPS) is 12.6. The number of urea groups is 1. The zero-order valence-corrected chi connectivity index (χ0v) is 8.88. The maximum Gasteiger partial charge on any atom is 0.390 e. The summed E-state index contributed by atoms with van der Waals surface area (Å²) in [6, 6.07) is -2.15. The van der Waals surface area contributed by atoms with Crippen molar-refractivity contribution in [2.24, 2.45) is 0 Å². The first-order chi connectivity index (χ1) is 7.76. The summed E-state index contributed by atoms with van der Waals surface area (Å²) in [6.45, 7) is 2.70. The van der Waals surface area contributed by atoms with E-state index in [9.17, 15) is 22.8 Å². The van der Waals surface area contributed by atoms with Gasteiger partial charge in [-0.3, -0.25) is 0 Å². The van der Waals surface area contributed by atoms with Gasteiger partial charge in [0, 0.05) is 6.54 Å². The molecule has 0 aliphatic heterocycles. The fourth-order valence-corrected chi connectivity index (χ4v) is 0.915. The van der Waals surface area contributed by atoms with Crippen LogP contribution in [0.25, 0.3) is 0 Å². The quantitative estimate of drug-likeness (QED) is 0.624. The average Bonchev–Trinajstić information content (AvgIpc) is 2.14. The van der Waals surface area contributed by atoms with Gasteiger partial charge in [0.25, 0.3) is 0 Å². The predicted octanol–water partition coefficient (Wildman–Crippen LogP) is 1.27. The first kappa shape index (κ1) is 15.3. The van der Waals surface area contributed by atoms with E-state index in [-0.39, 0.29) is 6.42 Å². The third-order valence-corrected chi connectivity index (χ3v) is 1.70. The molecule has 3 N–H and O–H groups in total. The van der Waals surface area contributed by atoms with Crippen molar-refractivity contribution in [3.05, 3.63) is 12.7 Å². The highest BCUT2D eigenvalue weighted by molar-refractivity contribution is 5.82. The lowest BCUT2D eigenvalue weighted by Gasteiger charge is -2.13. The van der Waals surface area contributed by atoms with Crippen molar-refractivity contribution in [1.82, 2.24) is 10.6 Å². The van der Waals surface area contributed by atoms with Crippen LogP contribution in [0.4, 0.5) is 18.0 Å². The van der Waals surface area contributed by atoms with Crippen LogP contribution < -0.4 is 10.6 Å². The topological polar surface area (TPSA) is 78.4 Å². The maximum absolute atomic E-state index is 11.7. The van der Waals surface area contributed by atoms with E-state index in [1.165, 1.54) is 6.08 Å². The molecule has 0 aliphatic carbocycles. The second kappa shape index (κ2) is 6.77. The molecule has 0 aromatic rings. The summed E-state index contributed by atoms with van der Waals surface area (Å²) < 4.78 is 35.2. The number of rotatable bonds is 6. The van der Waals surface area contributed by atoms with Gasteiger partial charge in [-0.1, -0.05) is 6.08 Å². The van der Waals surface area contributed by atoms with Crippen LogP contribution >= 0.6 is 0 Å². The van der Waals surface area contributed by atoms with E-state index in [1.54, 1.807) is 0 Å². The van der Waals surface area contributed by atoms with E-state index in [4.69, 9.17) is 5.11 Å². The monoisotopic (exact) mass is 254 g/mol. The van der Waals surface area contributed by atoms with Gasteiger partial charge in [0.05, 0.1) is 6.42 Å². The molecular weight excluding hydrogens is 241 g/mol. The Balaban J connectivity index is 3.99. The van der Waals surface area contributed by atoms with E-state index in [2.05, 4.69) is 6.58 Å². The summed E-state index contributed by atoms with van der Waals surface area (Å²) in [5, 5.41) is 12.6. The number of amides is 2. The average molecular weight is 254 g/mol. The van der Waals surface area contributed by atoms with Crippen molar-refractivity contribution in [2.45, 2.75) is 25.1 Å². The molecule has 1 unspecified atom stereocenters. The fraction of sp³-hybridized carbons (Fsp3) is 0.556. The minimum atomic E-state index is -4.36. The molecule has 98 valence electrons. The molecule has 0 aliphatic rings. The Bertz CT molecular complexity index is 292. The van der Waals surface area contributed by atoms with Crippen LogP contribution in [0, 0.1) is 0 Å². The minimum Gasteiger partial charge on any atom is -0.480 e. The van der Waals surface area contributed by atoms with E-state index in [1.807, 2.05) is 10.6 Å². The van der Waals surface area contributed by atoms with Crippen molar-refractivity contribution >= 4 is 12.0 Å². The van der Waals surface area contributed by atoms with Crippen molar-refractivity contribution in [2.75, 3.05) is 6.54 Å². The molecule has 0 heterocycles. The summed E-state index contributed by atoms with van der Waals surface area (Å²) >= 11 is 0. The largest absolute Gasteiger partial charge is 0.480 e. The molecule has 0 rings (SSSR count). The Morgan fingerprint density at radius 3 is 2.41 bits per heavy atom. The van der Waals surface area contributed by atoms with Gasteiger partial charge in [0.2, 0.25) is 0 Å². The summed E-state index contributed by atoms with van der Waals surface area (Å²) in [4.78, 5) is 21.6. The highest BCUT2D eigenvalue weighted by Gasteiger charge is 2.27. The molecule has 0 saturated carbocycles.